The van der Waals surface area contributed by atoms with Crippen molar-refractivity contribution >= 4 is 5.78 Å². The Morgan fingerprint density at radius 1 is 1.04 bits per heavy atom. The van der Waals surface area contributed by atoms with Crippen LogP contribution in [0.5, 0.6) is 0 Å². The third kappa shape index (κ3) is 4.01. The van der Waals surface area contributed by atoms with Crippen LogP contribution in [0.25, 0.3) is 0 Å². The van der Waals surface area contributed by atoms with Crippen LogP contribution < -0.4 is 0 Å². The average Bonchev–Trinajstić information content (AvgIpc) is 2.64. The SMILES string of the molecule is CC(=O)C(C)c1ccccc1C1(C)CCN(Cc2ccccc2)CC1. The fraction of sp³-hybridized carbons (Fsp3) is 0.435. The van der Waals surface area contributed by atoms with Gasteiger partial charge in [-0.05, 0) is 55.0 Å². The van der Waals surface area contributed by atoms with Gasteiger partial charge in [0.25, 0.3) is 0 Å². The molecule has 3 rings (SSSR count). The molecule has 0 amide bonds. The molecular formula is C23H29NO. The number of rotatable bonds is 5. The van der Waals surface area contributed by atoms with Crippen LogP contribution in [0, 0.1) is 0 Å². The van der Waals surface area contributed by atoms with Crippen molar-refractivity contribution in [2.24, 2.45) is 0 Å². The van der Waals surface area contributed by atoms with Gasteiger partial charge in [0.15, 0.2) is 0 Å². The van der Waals surface area contributed by atoms with Gasteiger partial charge in [0.2, 0.25) is 0 Å². The zero-order valence-electron chi connectivity index (χ0n) is 15.7. The van der Waals surface area contributed by atoms with E-state index in [0.717, 1.165) is 32.5 Å². The summed E-state index contributed by atoms with van der Waals surface area (Å²) in [4.78, 5) is 14.5. The van der Waals surface area contributed by atoms with Crippen LogP contribution in [0.4, 0.5) is 0 Å². The summed E-state index contributed by atoms with van der Waals surface area (Å²) in [6.07, 6.45) is 2.28. The highest BCUT2D eigenvalue weighted by molar-refractivity contribution is 5.83. The first kappa shape index (κ1) is 17.9. The third-order valence-electron chi connectivity index (χ3n) is 5.90. The van der Waals surface area contributed by atoms with E-state index >= 15 is 0 Å². The van der Waals surface area contributed by atoms with Crippen molar-refractivity contribution in [3.63, 3.8) is 0 Å². The number of carbonyl (C=O) groups is 1. The van der Waals surface area contributed by atoms with Gasteiger partial charge in [-0.2, -0.15) is 0 Å². The number of Topliss-reactive ketones (excluding diaryl/α,β-unsaturated/α-hetero) is 1. The molecule has 1 aliphatic rings. The maximum absolute atomic E-state index is 11.9. The molecule has 0 aromatic heterocycles. The molecule has 1 atom stereocenters. The van der Waals surface area contributed by atoms with E-state index in [1.54, 1.807) is 6.92 Å². The van der Waals surface area contributed by atoms with Crippen molar-refractivity contribution in [1.82, 2.24) is 4.90 Å². The summed E-state index contributed by atoms with van der Waals surface area (Å²) < 4.78 is 0. The highest BCUT2D eigenvalue weighted by Gasteiger charge is 2.34. The number of ketones is 1. The molecule has 2 nitrogen and oxygen atoms in total. The van der Waals surface area contributed by atoms with E-state index in [4.69, 9.17) is 0 Å². The quantitative estimate of drug-likeness (QED) is 0.772. The van der Waals surface area contributed by atoms with Gasteiger partial charge in [-0.15, -0.1) is 0 Å². The van der Waals surface area contributed by atoms with E-state index < -0.39 is 0 Å². The Kier molecular flexibility index (Phi) is 5.39. The second-order valence-electron chi connectivity index (χ2n) is 7.74. The van der Waals surface area contributed by atoms with E-state index in [1.807, 2.05) is 6.92 Å². The van der Waals surface area contributed by atoms with Gasteiger partial charge < -0.3 is 0 Å². The predicted octanol–water partition coefficient (Wildman–Crippen LogP) is 4.93. The predicted molar refractivity (Wildman–Crippen MR) is 104 cm³/mol. The number of piperidine rings is 1. The minimum absolute atomic E-state index is 0.0182. The lowest BCUT2D eigenvalue weighted by molar-refractivity contribution is -0.118. The summed E-state index contributed by atoms with van der Waals surface area (Å²) in [5.74, 6) is 0.230. The van der Waals surface area contributed by atoms with Crippen LogP contribution in [-0.2, 0) is 16.8 Å². The minimum atomic E-state index is -0.0182. The van der Waals surface area contributed by atoms with E-state index in [1.165, 1.54) is 16.7 Å². The van der Waals surface area contributed by atoms with Crippen LogP contribution in [0.1, 0.15) is 56.2 Å². The third-order valence-corrected chi connectivity index (χ3v) is 5.90. The molecule has 0 spiro atoms. The van der Waals surface area contributed by atoms with Gasteiger partial charge in [0, 0.05) is 12.5 Å². The van der Waals surface area contributed by atoms with Crippen LogP contribution in [0.2, 0.25) is 0 Å². The van der Waals surface area contributed by atoms with Crippen molar-refractivity contribution < 1.29 is 4.79 Å². The first-order valence-electron chi connectivity index (χ1n) is 9.36. The normalized spacial score (nSPS) is 18.7. The summed E-state index contributed by atoms with van der Waals surface area (Å²) in [6.45, 7) is 9.35. The van der Waals surface area contributed by atoms with Crippen LogP contribution in [0.3, 0.4) is 0 Å². The lowest BCUT2D eigenvalue weighted by Crippen LogP contribution is -2.41. The van der Waals surface area contributed by atoms with Gasteiger partial charge in [-0.3, -0.25) is 9.69 Å². The number of carbonyl (C=O) groups excluding carboxylic acids is 1. The number of benzene rings is 2. The number of nitrogens with zero attached hydrogens (tertiary/aromatic N) is 1. The van der Waals surface area contributed by atoms with Crippen LogP contribution in [0.15, 0.2) is 54.6 Å². The van der Waals surface area contributed by atoms with Crippen molar-refractivity contribution in [2.45, 2.75) is 51.5 Å². The number of hydrogen-bond acceptors (Lipinski definition) is 2. The molecule has 2 aromatic rings. The molecule has 1 saturated heterocycles. The lowest BCUT2D eigenvalue weighted by atomic mass is 9.71. The highest BCUT2D eigenvalue weighted by atomic mass is 16.1. The number of likely N-dealkylation sites (tertiary alicyclic amines) is 1. The summed E-state index contributed by atoms with van der Waals surface area (Å²) in [6, 6.07) is 19.3. The molecule has 1 heterocycles. The Labute approximate surface area is 151 Å². The second-order valence-corrected chi connectivity index (χ2v) is 7.74. The van der Waals surface area contributed by atoms with E-state index in [2.05, 4.69) is 66.4 Å². The molecule has 0 N–H and O–H groups in total. The molecule has 1 unspecified atom stereocenters. The smallest absolute Gasteiger partial charge is 0.136 e. The van der Waals surface area contributed by atoms with Gasteiger partial charge in [-0.1, -0.05) is 68.4 Å². The molecular weight excluding hydrogens is 306 g/mol. The lowest BCUT2D eigenvalue weighted by Gasteiger charge is -2.41. The van der Waals surface area contributed by atoms with E-state index in [-0.39, 0.29) is 17.1 Å². The fourth-order valence-electron chi connectivity index (χ4n) is 3.96. The first-order valence-corrected chi connectivity index (χ1v) is 9.36. The minimum Gasteiger partial charge on any atom is -0.299 e. The highest BCUT2D eigenvalue weighted by Crippen LogP contribution is 2.39. The van der Waals surface area contributed by atoms with Gasteiger partial charge >= 0.3 is 0 Å². The summed E-state index contributed by atoms with van der Waals surface area (Å²) in [5.41, 5.74) is 4.14. The standard InChI is InChI=1S/C23H29NO/c1-18(19(2)25)21-11-7-8-12-22(21)23(3)13-15-24(16-14-23)17-20-9-5-4-6-10-20/h4-12,18H,13-17H2,1-3H3. The summed E-state index contributed by atoms with van der Waals surface area (Å²) in [7, 11) is 0. The molecule has 132 valence electrons. The maximum atomic E-state index is 11.9. The van der Waals surface area contributed by atoms with Crippen LogP contribution >= 0.6 is 0 Å². The molecule has 0 radical (unpaired) electrons. The second kappa shape index (κ2) is 7.53. The monoisotopic (exact) mass is 335 g/mol. The Hall–Kier alpha value is -1.93. The Morgan fingerprint density at radius 2 is 1.64 bits per heavy atom. The van der Waals surface area contributed by atoms with E-state index in [0.29, 0.717) is 0 Å². The van der Waals surface area contributed by atoms with Crippen LogP contribution in [-0.4, -0.2) is 23.8 Å². The van der Waals surface area contributed by atoms with Crippen molar-refractivity contribution in [3.8, 4) is 0 Å². The summed E-state index contributed by atoms with van der Waals surface area (Å²) in [5, 5.41) is 0. The topological polar surface area (TPSA) is 20.3 Å². The zero-order valence-corrected chi connectivity index (χ0v) is 15.7. The van der Waals surface area contributed by atoms with Gasteiger partial charge in [-0.25, -0.2) is 0 Å². The molecule has 1 fully saturated rings. The van der Waals surface area contributed by atoms with E-state index in [9.17, 15) is 4.79 Å². The molecule has 0 aliphatic carbocycles. The molecule has 1 aliphatic heterocycles. The molecule has 2 aromatic carbocycles. The molecule has 2 heteroatoms. The number of hydrogen-bond donors (Lipinski definition) is 0. The van der Waals surface area contributed by atoms with Crippen molar-refractivity contribution in [1.29, 1.82) is 0 Å². The van der Waals surface area contributed by atoms with Crippen molar-refractivity contribution in [3.05, 3.63) is 71.3 Å². The van der Waals surface area contributed by atoms with Crippen molar-refractivity contribution in [2.75, 3.05) is 13.1 Å². The van der Waals surface area contributed by atoms with Gasteiger partial charge in [0.1, 0.15) is 5.78 Å². The Morgan fingerprint density at radius 3 is 2.28 bits per heavy atom. The first-order chi connectivity index (χ1) is 12.0. The zero-order chi connectivity index (χ0) is 17.9. The average molecular weight is 335 g/mol. The molecule has 25 heavy (non-hydrogen) atoms. The molecule has 0 bridgehead atoms. The van der Waals surface area contributed by atoms with Gasteiger partial charge in [0.05, 0.1) is 0 Å². The Balaban J connectivity index is 1.74. The fourth-order valence-corrected chi connectivity index (χ4v) is 3.96. The Bertz CT molecular complexity index is 714. The maximum Gasteiger partial charge on any atom is 0.136 e. The summed E-state index contributed by atoms with van der Waals surface area (Å²) >= 11 is 0. The molecule has 0 saturated carbocycles. The largest absolute Gasteiger partial charge is 0.299 e.